The van der Waals surface area contributed by atoms with Gasteiger partial charge in [0.1, 0.15) is 11.5 Å². The van der Waals surface area contributed by atoms with Crippen molar-refractivity contribution >= 4 is 26.0 Å². The third-order valence-electron chi connectivity index (χ3n) is 4.65. The van der Waals surface area contributed by atoms with Gasteiger partial charge in [-0.15, -0.1) is 0 Å². The molecule has 1 unspecified atom stereocenters. The number of para-hydroxylation sites is 1. The zero-order valence-electron chi connectivity index (χ0n) is 14.6. The van der Waals surface area contributed by atoms with Gasteiger partial charge in [-0.25, -0.2) is 4.39 Å². The van der Waals surface area contributed by atoms with Crippen LogP contribution in [-0.2, 0) is 10.1 Å². The number of hydrogen-bond donors (Lipinski definition) is 0. The van der Waals surface area contributed by atoms with Crippen LogP contribution >= 0.6 is 15.9 Å². The van der Waals surface area contributed by atoms with E-state index in [1.165, 1.54) is 16.8 Å². The van der Waals surface area contributed by atoms with Crippen LogP contribution in [0.25, 0.3) is 5.69 Å². The average Bonchev–Trinajstić information content (AvgIpc) is 2.92. The fraction of sp³-hybridized carbons (Fsp3) is 0.211. The van der Waals surface area contributed by atoms with E-state index in [4.69, 9.17) is 4.18 Å². The maximum atomic E-state index is 14.3. The second kappa shape index (κ2) is 6.45. The van der Waals surface area contributed by atoms with E-state index in [9.17, 15) is 12.8 Å². The molecule has 0 saturated carbocycles. The molecule has 1 aliphatic heterocycles. The van der Waals surface area contributed by atoms with Crippen molar-refractivity contribution in [2.45, 2.75) is 19.8 Å². The highest BCUT2D eigenvalue weighted by Gasteiger charge is 2.38. The standard InChI is InChI=1S/C19H16BrFN2O3S/c1-11-9-13(7-8-15(11)20)14-10-27(24,25)26-19-18(14)12(2)22-23(19)17-6-4-3-5-16(17)21/h3-9,14H,10H2,1-2H3. The molecule has 2 aromatic carbocycles. The van der Waals surface area contributed by atoms with Crippen LogP contribution in [0, 0.1) is 19.7 Å². The van der Waals surface area contributed by atoms with Crippen molar-refractivity contribution in [2.75, 3.05) is 5.75 Å². The van der Waals surface area contributed by atoms with Gasteiger partial charge in [0.25, 0.3) is 0 Å². The first-order valence-electron chi connectivity index (χ1n) is 8.29. The fourth-order valence-corrected chi connectivity index (χ4v) is 4.86. The molecule has 8 heteroatoms. The fourth-order valence-electron chi connectivity index (χ4n) is 3.38. The lowest BCUT2D eigenvalue weighted by Gasteiger charge is -2.24. The molecular formula is C19H16BrFN2O3S. The Morgan fingerprint density at radius 3 is 2.67 bits per heavy atom. The summed E-state index contributed by atoms with van der Waals surface area (Å²) in [5, 5.41) is 4.38. The quantitative estimate of drug-likeness (QED) is 0.547. The van der Waals surface area contributed by atoms with Crippen LogP contribution in [0.2, 0.25) is 0 Å². The number of halogens is 2. The van der Waals surface area contributed by atoms with E-state index in [1.54, 1.807) is 19.1 Å². The summed E-state index contributed by atoms with van der Waals surface area (Å²) >= 11 is 3.46. The van der Waals surface area contributed by atoms with Gasteiger partial charge in [0.2, 0.25) is 5.88 Å². The summed E-state index contributed by atoms with van der Waals surface area (Å²) in [5.41, 5.74) is 3.25. The van der Waals surface area contributed by atoms with E-state index >= 15 is 0 Å². The third-order valence-corrected chi connectivity index (χ3v) is 6.70. The van der Waals surface area contributed by atoms with Gasteiger partial charge >= 0.3 is 10.1 Å². The Hall–Kier alpha value is -2.19. The Bertz CT molecular complexity index is 1160. The van der Waals surface area contributed by atoms with E-state index in [2.05, 4.69) is 21.0 Å². The lowest BCUT2D eigenvalue weighted by atomic mass is 9.92. The van der Waals surface area contributed by atoms with Gasteiger partial charge in [0.15, 0.2) is 0 Å². The van der Waals surface area contributed by atoms with Gasteiger partial charge < -0.3 is 4.18 Å². The maximum Gasteiger partial charge on any atom is 0.311 e. The number of aromatic nitrogens is 2. The van der Waals surface area contributed by atoms with E-state index < -0.39 is 21.9 Å². The van der Waals surface area contributed by atoms with E-state index in [1.807, 2.05) is 25.1 Å². The Kier molecular flexibility index (Phi) is 4.35. The molecule has 0 bridgehead atoms. The van der Waals surface area contributed by atoms with Gasteiger partial charge in [-0.05, 0) is 43.2 Å². The van der Waals surface area contributed by atoms with Crippen LogP contribution in [0.5, 0.6) is 5.88 Å². The maximum absolute atomic E-state index is 14.3. The van der Waals surface area contributed by atoms with Crippen LogP contribution in [0.1, 0.15) is 28.3 Å². The van der Waals surface area contributed by atoms with Gasteiger partial charge in [-0.1, -0.05) is 40.2 Å². The number of hydrogen-bond acceptors (Lipinski definition) is 4. The topological polar surface area (TPSA) is 61.2 Å². The number of aryl methyl sites for hydroxylation is 2. The summed E-state index contributed by atoms with van der Waals surface area (Å²) in [5.74, 6) is -1.09. The van der Waals surface area contributed by atoms with E-state index in [0.29, 0.717) is 11.3 Å². The van der Waals surface area contributed by atoms with Gasteiger partial charge in [-0.3, -0.25) is 0 Å². The van der Waals surface area contributed by atoms with Gasteiger partial charge in [0, 0.05) is 16.0 Å². The average molecular weight is 451 g/mol. The monoisotopic (exact) mass is 450 g/mol. The largest absolute Gasteiger partial charge is 0.361 e. The normalized spacial score (nSPS) is 18.0. The van der Waals surface area contributed by atoms with Crippen molar-refractivity contribution in [3.63, 3.8) is 0 Å². The molecule has 27 heavy (non-hydrogen) atoms. The van der Waals surface area contributed by atoms with Crippen molar-refractivity contribution in [3.8, 4) is 11.6 Å². The number of nitrogens with zero attached hydrogens (tertiary/aromatic N) is 2. The minimum absolute atomic E-state index is 0.0504. The molecule has 140 valence electrons. The summed E-state index contributed by atoms with van der Waals surface area (Å²) in [7, 11) is -3.84. The molecule has 0 fully saturated rings. The first-order chi connectivity index (χ1) is 12.8. The number of rotatable bonds is 2. The van der Waals surface area contributed by atoms with Crippen LogP contribution in [-0.4, -0.2) is 24.0 Å². The zero-order chi connectivity index (χ0) is 19.3. The van der Waals surface area contributed by atoms with Gasteiger partial charge in [-0.2, -0.15) is 18.2 Å². The van der Waals surface area contributed by atoms with Crippen LogP contribution in [0.15, 0.2) is 46.9 Å². The van der Waals surface area contributed by atoms with Crippen molar-refractivity contribution in [3.05, 3.63) is 75.1 Å². The second-order valence-corrected chi connectivity index (χ2v) is 9.01. The predicted octanol–water partition coefficient (Wildman–Crippen LogP) is 4.24. The molecule has 3 aromatic rings. The Morgan fingerprint density at radius 1 is 1.22 bits per heavy atom. The lowest BCUT2D eigenvalue weighted by Crippen LogP contribution is -2.27. The summed E-state index contributed by atoms with van der Waals surface area (Å²) in [6.45, 7) is 3.72. The van der Waals surface area contributed by atoms with Gasteiger partial charge in [0.05, 0.1) is 11.4 Å². The first kappa shape index (κ1) is 18.2. The predicted molar refractivity (Wildman–Crippen MR) is 103 cm³/mol. The Labute approximate surface area is 165 Å². The van der Waals surface area contributed by atoms with Crippen molar-refractivity contribution in [2.24, 2.45) is 0 Å². The van der Waals surface area contributed by atoms with E-state index in [-0.39, 0.29) is 17.3 Å². The third kappa shape index (κ3) is 3.17. The smallest absolute Gasteiger partial charge is 0.311 e. The Morgan fingerprint density at radius 2 is 1.96 bits per heavy atom. The van der Waals surface area contributed by atoms with Crippen molar-refractivity contribution < 1.29 is 17.0 Å². The van der Waals surface area contributed by atoms with E-state index in [0.717, 1.165) is 15.6 Å². The summed E-state index contributed by atoms with van der Waals surface area (Å²) in [6, 6.07) is 11.8. The van der Waals surface area contributed by atoms with Crippen molar-refractivity contribution in [1.29, 1.82) is 0 Å². The second-order valence-electron chi connectivity index (χ2n) is 6.54. The molecule has 0 aliphatic carbocycles. The summed E-state index contributed by atoms with van der Waals surface area (Å²) in [4.78, 5) is 0. The summed E-state index contributed by atoms with van der Waals surface area (Å²) in [6.07, 6.45) is 0. The molecule has 1 aliphatic rings. The lowest BCUT2D eigenvalue weighted by molar-refractivity contribution is 0.444. The molecule has 0 saturated heterocycles. The highest BCUT2D eigenvalue weighted by atomic mass is 79.9. The molecule has 0 spiro atoms. The van der Waals surface area contributed by atoms with Crippen molar-refractivity contribution in [1.82, 2.24) is 9.78 Å². The molecule has 0 N–H and O–H groups in total. The number of fused-ring (bicyclic) bond motifs is 1. The first-order valence-corrected chi connectivity index (χ1v) is 10.7. The molecule has 5 nitrogen and oxygen atoms in total. The molecular weight excluding hydrogens is 435 g/mol. The highest BCUT2D eigenvalue weighted by Crippen LogP contribution is 2.42. The molecule has 4 rings (SSSR count). The summed E-state index contributed by atoms with van der Waals surface area (Å²) < 4.78 is 46.7. The molecule has 1 atom stereocenters. The minimum atomic E-state index is -3.84. The van der Waals surface area contributed by atoms with Crippen LogP contribution in [0.4, 0.5) is 4.39 Å². The highest BCUT2D eigenvalue weighted by molar-refractivity contribution is 9.10. The number of benzene rings is 2. The SMILES string of the molecule is Cc1cc(C2CS(=O)(=O)Oc3c2c(C)nn3-c2ccccc2F)ccc1Br. The minimum Gasteiger partial charge on any atom is -0.361 e. The molecule has 0 radical (unpaired) electrons. The molecule has 1 aromatic heterocycles. The van der Waals surface area contributed by atoms with Crippen LogP contribution in [0.3, 0.4) is 0 Å². The Balaban J connectivity index is 1.95. The zero-order valence-corrected chi connectivity index (χ0v) is 17.0. The van der Waals surface area contributed by atoms with Crippen LogP contribution < -0.4 is 4.18 Å². The molecule has 2 heterocycles. The molecule has 0 amide bonds.